The Balaban J connectivity index is 1.31. The van der Waals surface area contributed by atoms with Crippen LogP contribution in [-0.2, 0) is 14.0 Å². The first-order valence-corrected chi connectivity index (χ1v) is 11.2. The van der Waals surface area contributed by atoms with Gasteiger partial charge in [-0.1, -0.05) is 0 Å². The lowest BCUT2D eigenvalue weighted by atomic mass is 9.67. The number of likely N-dealkylation sites (tertiary alicyclic amines) is 1. The Kier molecular flexibility index (Phi) is 5.05. The van der Waals surface area contributed by atoms with E-state index in [4.69, 9.17) is 14.0 Å². The second-order valence-corrected chi connectivity index (χ2v) is 11.4. The molecule has 1 spiro atoms. The van der Waals surface area contributed by atoms with Gasteiger partial charge in [0.1, 0.15) is 5.60 Å². The standard InChI is InChI=1S/C22H36BN3O4/c1-19(2,3)28-18(27)25-14-22(15-25)10-8-17(9-11-22)26-13-16(12-24-26)23-29-20(4,5)21(6,7)30-23/h12-13,17H,8-11,14-15H2,1-7H3. The van der Waals surface area contributed by atoms with Gasteiger partial charge in [0, 0.05) is 36.4 Å². The van der Waals surface area contributed by atoms with E-state index in [9.17, 15) is 4.79 Å². The van der Waals surface area contributed by atoms with Crippen molar-refractivity contribution in [2.75, 3.05) is 13.1 Å². The average Bonchev–Trinajstić information content (AvgIpc) is 3.14. The van der Waals surface area contributed by atoms with Crippen molar-refractivity contribution in [1.82, 2.24) is 14.7 Å². The van der Waals surface area contributed by atoms with Gasteiger partial charge < -0.3 is 18.9 Å². The summed E-state index contributed by atoms with van der Waals surface area (Å²) in [5.74, 6) is 0. The van der Waals surface area contributed by atoms with E-state index < -0.39 is 5.60 Å². The highest BCUT2D eigenvalue weighted by atomic mass is 16.7. The number of hydrogen-bond donors (Lipinski definition) is 0. The molecule has 0 atom stereocenters. The Hall–Kier alpha value is -1.54. The predicted molar refractivity (Wildman–Crippen MR) is 116 cm³/mol. The van der Waals surface area contributed by atoms with E-state index in [0.29, 0.717) is 6.04 Å². The molecule has 2 saturated heterocycles. The molecular formula is C22H36BN3O4. The Morgan fingerprint density at radius 3 is 2.23 bits per heavy atom. The van der Waals surface area contributed by atoms with E-state index in [1.165, 1.54) is 0 Å². The normalized spacial score (nSPS) is 25.4. The molecule has 0 unspecified atom stereocenters. The molecule has 1 aromatic rings. The van der Waals surface area contributed by atoms with Crippen LogP contribution in [0.15, 0.2) is 12.4 Å². The third-order valence-electron chi connectivity index (χ3n) is 7.24. The third-order valence-corrected chi connectivity index (χ3v) is 7.24. The Bertz CT molecular complexity index is 782. The van der Waals surface area contributed by atoms with Crippen LogP contribution in [0.5, 0.6) is 0 Å². The molecule has 3 heterocycles. The highest BCUT2D eigenvalue weighted by molar-refractivity contribution is 6.62. The van der Waals surface area contributed by atoms with Crippen LogP contribution in [0.2, 0.25) is 0 Å². The molecule has 8 heteroatoms. The van der Waals surface area contributed by atoms with Crippen LogP contribution in [0.25, 0.3) is 0 Å². The molecule has 0 aromatic carbocycles. The van der Waals surface area contributed by atoms with Crippen LogP contribution in [0.4, 0.5) is 4.79 Å². The monoisotopic (exact) mass is 417 g/mol. The maximum atomic E-state index is 12.2. The van der Waals surface area contributed by atoms with Crippen LogP contribution >= 0.6 is 0 Å². The molecule has 2 aliphatic heterocycles. The highest BCUT2D eigenvalue weighted by Gasteiger charge is 2.52. The van der Waals surface area contributed by atoms with Crippen LogP contribution in [-0.4, -0.2) is 57.8 Å². The Morgan fingerprint density at radius 2 is 1.70 bits per heavy atom. The van der Waals surface area contributed by atoms with E-state index in [1.54, 1.807) is 0 Å². The quantitative estimate of drug-likeness (QED) is 0.689. The first-order valence-electron chi connectivity index (χ1n) is 11.2. The van der Waals surface area contributed by atoms with Crippen molar-refractivity contribution in [3.05, 3.63) is 12.4 Å². The van der Waals surface area contributed by atoms with Crippen molar-refractivity contribution >= 4 is 18.7 Å². The molecule has 1 saturated carbocycles. The summed E-state index contributed by atoms with van der Waals surface area (Å²) in [5, 5.41) is 4.63. The van der Waals surface area contributed by atoms with Gasteiger partial charge in [0.25, 0.3) is 0 Å². The molecule has 1 aliphatic carbocycles. The third kappa shape index (κ3) is 4.00. The summed E-state index contributed by atoms with van der Waals surface area (Å²) in [7, 11) is -0.368. The fourth-order valence-electron chi connectivity index (χ4n) is 4.67. The van der Waals surface area contributed by atoms with E-state index in [0.717, 1.165) is 44.2 Å². The lowest BCUT2D eigenvalue weighted by Crippen LogP contribution is -2.60. The zero-order valence-electron chi connectivity index (χ0n) is 19.5. The van der Waals surface area contributed by atoms with E-state index in [1.807, 2.05) is 31.9 Å². The van der Waals surface area contributed by atoms with Gasteiger partial charge in [-0.05, 0) is 74.1 Å². The van der Waals surface area contributed by atoms with E-state index in [-0.39, 0.29) is 29.8 Å². The van der Waals surface area contributed by atoms with Crippen LogP contribution in [0, 0.1) is 5.41 Å². The maximum absolute atomic E-state index is 12.2. The summed E-state index contributed by atoms with van der Waals surface area (Å²) in [6, 6.07) is 0.391. The molecule has 1 aromatic heterocycles. The van der Waals surface area contributed by atoms with Crippen LogP contribution in [0.1, 0.15) is 80.2 Å². The molecule has 1 amide bonds. The van der Waals surface area contributed by atoms with Gasteiger partial charge in [-0.3, -0.25) is 4.68 Å². The molecule has 7 nitrogen and oxygen atoms in total. The number of ether oxygens (including phenoxy) is 1. The molecule has 3 aliphatic rings. The van der Waals surface area contributed by atoms with Gasteiger partial charge in [-0.25, -0.2) is 4.79 Å². The lowest BCUT2D eigenvalue weighted by Gasteiger charge is -2.53. The van der Waals surface area contributed by atoms with Gasteiger partial charge in [-0.15, -0.1) is 0 Å². The van der Waals surface area contributed by atoms with Crippen molar-refractivity contribution in [3.8, 4) is 0 Å². The molecule has 3 fully saturated rings. The molecule has 0 bridgehead atoms. The van der Waals surface area contributed by atoms with Crippen molar-refractivity contribution in [2.24, 2.45) is 5.41 Å². The number of nitrogens with zero attached hydrogens (tertiary/aromatic N) is 3. The summed E-state index contributed by atoms with van der Waals surface area (Å²) in [6.07, 6.45) is 8.15. The number of carbonyl (C=O) groups excluding carboxylic acids is 1. The minimum absolute atomic E-state index is 0.186. The van der Waals surface area contributed by atoms with Gasteiger partial charge in [0.2, 0.25) is 0 Å². The topological polar surface area (TPSA) is 65.8 Å². The fourth-order valence-corrected chi connectivity index (χ4v) is 4.67. The minimum atomic E-state index is -0.438. The molecule has 0 N–H and O–H groups in total. The maximum Gasteiger partial charge on any atom is 0.498 e. The second-order valence-electron chi connectivity index (χ2n) is 11.4. The number of hydrogen-bond acceptors (Lipinski definition) is 5. The van der Waals surface area contributed by atoms with Crippen molar-refractivity contribution < 1.29 is 18.8 Å². The van der Waals surface area contributed by atoms with Crippen molar-refractivity contribution in [3.63, 3.8) is 0 Å². The summed E-state index contributed by atoms with van der Waals surface area (Å²) in [5.41, 5.74) is 0.109. The number of amides is 1. The summed E-state index contributed by atoms with van der Waals surface area (Å²) in [4.78, 5) is 14.1. The van der Waals surface area contributed by atoms with Crippen molar-refractivity contribution in [2.45, 2.75) is 97.0 Å². The molecule has 166 valence electrons. The molecule has 0 radical (unpaired) electrons. The zero-order valence-corrected chi connectivity index (χ0v) is 19.5. The van der Waals surface area contributed by atoms with E-state index >= 15 is 0 Å². The molecular weight excluding hydrogens is 381 g/mol. The SMILES string of the molecule is CC(C)(C)OC(=O)N1CC2(CCC(n3cc(B4OC(C)(C)C(C)(C)O4)cn3)CC2)C1. The fraction of sp³-hybridized carbons (Fsp3) is 0.818. The average molecular weight is 417 g/mol. The predicted octanol–water partition coefficient (Wildman–Crippen LogP) is 3.53. The first-order chi connectivity index (χ1) is 13.8. The highest BCUT2D eigenvalue weighted by Crippen LogP contribution is 2.47. The van der Waals surface area contributed by atoms with Crippen LogP contribution in [0.3, 0.4) is 0 Å². The van der Waals surface area contributed by atoms with Crippen molar-refractivity contribution in [1.29, 1.82) is 0 Å². The Morgan fingerprint density at radius 1 is 1.13 bits per heavy atom. The van der Waals surface area contributed by atoms with Crippen LogP contribution < -0.4 is 5.46 Å². The molecule has 4 rings (SSSR count). The van der Waals surface area contributed by atoms with E-state index in [2.05, 4.69) is 43.7 Å². The summed E-state index contributed by atoms with van der Waals surface area (Å²) >= 11 is 0. The van der Waals surface area contributed by atoms with Gasteiger partial charge in [-0.2, -0.15) is 5.10 Å². The van der Waals surface area contributed by atoms with Gasteiger partial charge in [0.05, 0.1) is 17.2 Å². The number of rotatable bonds is 2. The number of carbonyl (C=O) groups is 1. The number of aromatic nitrogens is 2. The summed E-state index contributed by atoms with van der Waals surface area (Å²) < 4.78 is 19.9. The first kappa shape index (κ1) is 21.7. The largest absolute Gasteiger partial charge is 0.498 e. The molecule has 30 heavy (non-hydrogen) atoms. The Labute approximate surface area is 180 Å². The minimum Gasteiger partial charge on any atom is -0.444 e. The second kappa shape index (κ2) is 6.99. The zero-order chi connectivity index (χ0) is 21.9. The lowest BCUT2D eigenvalue weighted by molar-refractivity contribution is -0.0538. The van der Waals surface area contributed by atoms with Gasteiger partial charge >= 0.3 is 13.2 Å². The smallest absolute Gasteiger partial charge is 0.444 e. The summed E-state index contributed by atoms with van der Waals surface area (Å²) in [6.45, 7) is 15.6. The van der Waals surface area contributed by atoms with Gasteiger partial charge in [0.15, 0.2) is 0 Å².